The largest absolute Gasteiger partial charge is 0.465 e. The monoisotopic (exact) mass is 627 g/mol. The molecule has 0 spiro atoms. The second-order valence-corrected chi connectivity index (χ2v) is 12.1. The van der Waals surface area contributed by atoms with Crippen LogP contribution in [0.5, 0.6) is 0 Å². The van der Waals surface area contributed by atoms with Gasteiger partial charge in [-0.1, -0.05) is 49.2 Å². The number of ether oxygens (including phenoxy) is 1. The Morgan fingerprint density at radius 2 is 1.88 bits per heavy atom. The van der Waals surface area contributed by atoms with Crippen molar-refractivity contribution in [2.24, 2.45) is 23.7 Å². The smallest absolute Gasteiger partial charge is 0.337 e. The predicted molar refractivity (Wildman–Crippen MR) is 169 cm³/mol. The lowest BCUT2D eigenvalue weighted by Crippen LogP contribution is -2.76. The number of rotatable bonds is 11. The summed E-state index contributed by atoms with van der Waals surface area (Å²) < 4.78 is 21.1. The van der Waals surface area contributed by atoms with Crippen molar-refractivity contribution in [3.05, 3.63) is 94.3 Å². The second-order valence-electron chi connectivity index (χ2n) is 11.2. The number of halogens is 3. The van der Waals surface area contributed by atoms with Crippen LogP contribution in [-0.2, 0) is 9.53 Å². The average molecular weight is 629 g/mol. The van der Waals surface area contributed by atoms with Crippen molar-refractivity contribution in [1.29, 1.82) is 0 Å². The van der Waals surface area contributed by atoms with Gasteiger partial charge in [0.05, 0.1) is 24.1 Å². The Kier molecular flexibility index (Phi) is 10.2. The third-order valence-electron chi connectivity index (χ3n) is 8.77. The number of amides is 1. The number of nitrogens with zero attached hydrogens (tertiary/aromatic N) is 1. The second kappa shape index (κ2) is 13.5. The van der Waals surface area contributed by atoms with Gasteiger partial charge in [-0.15, -0.1) is 0 Å². The maximum atomic E-state index is 16.4. The predicted octanol–water partition coefficient (Wildman–Crippen LogP) is 6.73. The molecule has 2 aromatic carbocycles. The molecule has 4 rings (SSSR count). The summed E-state index contributed by atoms with van der Waals surface area (Å²) in [5.41, 5.74) is 6.00. The van der Waals surface area contributed by atoms with E-state index in [1.165, 1.54) is 36.3 Å². The fraction of sp³-hybridized carbons (Fsp3) is 0.364. The third kappa shape index (κ3) is 6.42. The van der Waals surface area contributed by atoms with E-state index in [1.54, 1.807) is 50.4 Å². The molecule has 2 fully saturated rings. The van der Waals surface area contributed by atoms with E-state index in [0.717, 1.165) is 19.3 Å². The molecule has 3 N–H and O–H groups in total. The Hall–Kier alpha value is -3.46. The van der Waals surface area contributed by atoms with Crippen LogP contribution in [0.25, 0.3) is 0 Å². The van der Waals surface area contributed by atoms with Gasteiger partial charge in [0.25, 0.3) is 0 Å². The highest BCUT2D eigenvalue weighted by Crippen LogP contribution is 2.56. The number of ketones is 1. The fourth-order valence-corrected chi connectivity index (χ4v) is 6.33. The zero-order valence-corrected chi connectivity index (χ0v) is 25.9. The van der Waals surface area contributed by atoms with Crippen LogP contribution in [0.3, 0.4) is 0 Å². The minimum Gasteiger partial charge on any atom is -0.465 e. The third-order valence-corrected chi connectivity index (χ3v) is 9.13. The van der Waals surface area contributed by atoms with Gasteiger partial charge in [-0.3, -0.25) is 9.59 Å². The molecule has 228 valence electrons. The van der Waals surface area contributed by atoms with E-state index in [0.29, 0.717) is 28.7 Å². The van der Waals surface area contributed by atoms with E-state index in [-0.39, 0.29) is 22.2 Å². The van der Waals surface area contributed by atoms with Crippen molar-refractivity contribution in [1.82, 2.24) is 5.32 Å². The summed E-state index contributed by atoms with van der Waals surface area (Å²) in [6, 6.07) is 10.9. The summed E-state index contributed by atoms with van der Waals surface area (Å²) >= 11 is 12.0. The van der Waals surface area contributed by atoms with E-state index < -0.39 is 40.9 Å². The normalized spacial score (nSPS) is 23.8. The molecule has 1 amide bonds. The van der Waals surface area contributed by atoms with E-state index >= 15 is 4.39 Å². The number of methoxy groups -OCH3 is 1. The number of nitrogens with one attached hydrogen (secondary N) is 1. The van der Waals surface area contributed by atoms with Gasteiger partial charge < -0.3 is 20.7 Å². The van der Waals surface area contributed by atoms with Crippen molar-refractivity contribution in [3.63, 3.8) is 0 Å². The number of nitrogens with two attached hydrogens (primary N) is 1. The lowest BCUT2D eigenvalue weighted by molar-refractivity contribution is -0.137. The molecule has 2 aliphatic carbocycles. The lowest BCUT2D eigenvalue weighted by Gasteiger charge is -2.59. The van der Waals surface area contributed by atoms with Crippen LogP contribution in [0.15, 0.2) is 78.1 Å². The number of anilines is 2. The number of carbonyl (C=O) groups is 3. The molecule has 43 heavy (non-hydrogen) atoms. The summed E-state index contributed by atoms with van der Waals surface area (Å²) in [6.07, 6.45) is 7.15. The molecule has 0 heterocycles. The summed E-state index contributed by atoms with van der Waals surface area (Å²) in [6.45, 7) is 5.87. The Labute approximate surface area is 261 Å². The number of esters is 1. The average Bonchev–Trinajstić information content (AvgIpc) is 2.95. The maximum absolute atomic E-state index is 16.4. The van der Waals surface area contributed by atoms with Gasteiger partial charge >= 0.3 is 5.97 Å². The number of nitrogen functional groups attached to an aromatic ring is 1. The number of hydrogen-bond donors (Lipinski definition) is 2. The lowest BCUT2D eigenvalue weighted by atomic mass is 9.48. The van der Waals surface area contributed by atoms with Gasteiger partial charge in [-0.2, -0.15) is 0 Å². The SMILES string of the molecule is C=C(Cl)/C=C\C=C(/F)C1[C@H](C(=O)N(C)c2ccc(C(=O)OC)cc2)C(C)C1(NCC1CCC1)C(=O)c1ccc(Cl)cc1N. The maximum Gasteiger partial charge on any atom is 0.337 e. The van der Waals surface area contributed by atoms with Gasteiger partial charge in [-0.05, 0) is 85.8 Å². The van der Waals surface area contributed by atoms with Crippen molar-refractivity contribution < 1.29 is 23.5 Å². The standard InChI is InChI=1S/C33H36Cl2FN3O4/c1-19(34)7-5-10-26(36)29-28(31(41)39(3)24-14-11-22(12-15-24)32(42)43-4)20(2)33(29,38-18-21-8-6-9-21)30(40)25-16-13-23(35)17-27(25)37/h5,7,10-17,20-21,28-29,38H,1,6,8-9,18,37H2,2-4H3/b7-5-,26-10-/t20?,28-,29?,33?/m1/s1. The topological polar surface area (TPSA) is 102 Å². The molecule has 0 saturated heterocycles. The van der Waals surface area contributed by atoms with E-state index in [9.17, 15) is 14.4 Å². The molecular weight excluding hydrogens is 592 g/mol. The zero-order valence-electron chi connectivity index (χ0n) is 24.4. The molecule has 2 aromatic rings. The van der Waals surface area contributed by atoms with Gasteiger partial charge in [-0.25, -0.2) is 9.18 Å². The first-order valence-corrected chi connectivity index (χ1v) is 14.9. The van der Waals surface area contributed by atoms with Crippen molar-refractivity contribution in [2.45, 2.75) is 31.7 Å². The van der Waals surface area contributed by atoms with Crippen LogP contribution in [0.2, 0.25) is 5.02 Å². The fourth-order valence-electron chi connectivity index (χ4n) is 6.08. The highest BCUT2D eigenvalue weighted by molar-refractivity contribution is 6.31. The molecule has 7 nitrogen and oxygen atoms in total. The Balaban J connectivity index is 1.77. The van der Waals surface area contributed by atoms with Gasteiger partial charge in [0, 0.05) is 40.0 Å². The molecule has 0 aliphatic heterocycles. The number of carbonyl (C=O) groups excluding carboxylic acids is 3. The van der Waals surface area contributed by atoms with Gasteiger partial charge in [0.15, 0.2) is 5.78 Å². The molecule has 10 heteroatoms. The molecule has 0 bridgehead atoms. The number of benzene rings is 2. The quantitative estimate of drug-likeness (QED) is 0.124. The number of allylic oxidation sites excluding steroid dienone is 4. The molecule has 0 radical (unpaired) electrons. The molecule has 4 atom stereocenters. The highest BCUT2D eigenvalue weighted by Gasteiger charge is 2.68. The summed E-state index contributed by atoms with van der Waals surface area (Å²) in [5.74, 6) is -4.26. The highest BCUT2D eigenvalue weighted by atomic mass is 35.5. The Morgan fingerprint density at radius 3 is 2.44 bits per heavy atom. The van der Waals surface area contributed by atoms with Crippen molar-refractivity contribution in [2.75, 3.05) is 31.3 Å². The molecule has 2 saturated carbocycles. The first-order chi connectivity index (χ1) is 20.4. The Morgan fingerprint density at radius 1 is 1.21 bits per heavy atom. The van der Waals surface area contributed by atoms with Crippen molar-refractivity contribution >= 4 is 52.2 Å². The van der Waals surface area contributed by atoms with Crippen LogP contribution in [0.4, 0.5) is 15.8 Å². The van der Waals surface area contributed by atoms with Crippen LogP contribution >= 0.6 is 23.2 Å². The molecule has 2 aliphatic rings. The minimum absolute atomic E-state index is 0.175. The number of Topliss-reactive ketones (excluding diaryl/α,β-unsaturated/α-hetero) is 1. The van der Waals surface area contributed by atoms with E-state index in [2.05, 4.69) is 11.9 Å². The zero-order chi connectivity index (χ0) is 31.5. The van der Waals surface area contributed by atoms with Gasteiger partial charge in [0.1, 0.15) is 5.83 Å². The van der Waals surface area contributed by atoms with E-state index in [4.69, 9.17) is 33.7 Å². The van der Waals surface area contributed by atoms with Crippen molar-refractivity contribution in [3.8, 4) is 0 Å². The molecule has 3 unspecified atom stereocenters. The molecular formula is C33H36Cl2FN3O4. The Bertz CT molecular complexity index is 1470. The first kappa shape index (κ1) is 32.5. The van der Waals surface area contributed by atoms with Crippen LogP contribution in [0.1, 0.15) is 46.9 Å². The minimum atomic E-state index is -1.46. The summed E-state index contributed by atoms with van der Waals surface area (Å²) in [5, 5.41) is 4.01. The number of hydrogen-bond acceptors (Lipinski definition) is 6. The summed E-state index contributed by atoms with van der Waals surface area (Å²) in [7, 11) is 2.87. The molecule has 0 aromatic heterocycles. The van der Waals surface area contributed by atoms with Crippen LogP contribution in [-0.4, -0.2) is 43.9 Å². The van der Waals surface area contributed by atoms with Gasteiger partial charge in [0.2, 0.25) is 5.91 Å². The summed E-state index contributed by atoms with van der Waals surface area (Å²) in [4.78, 5) is 41.8. The van der Waals surface area contributed by atoms with Crippen LogP contribution in [0, 0.1) is 23.7 Å². The van der Waals surface area contributed by atoms with E-state index in [1.807, 2.05) is 0 Å². The first-order valence-electron chi connectivity index (χ1n) is 14.1. The van der Waals surface area contributed by atoms with Crippen LogP contribution < -0.4 is 16.0 Å².